The van der Waals surface area contributed by atoms with Gasteiger partial charge in [-0.15, -0.1) is 0 Å². The maximum atomic E-state index is 5.79. The SMILES string of the molecule is CCCOc1nc(OCCC2CCC2)ccc1N. The van der Waals surface area contributed by atoms with Crippen LogP contribution in [0.25, 0.3) is 0 Å². The summed E-state index contributed by atoms with van der Waals surface area (Å²) in [6, 6.07) is 3.59. The van der Waals surface area contributed by atoms with Crippen LogP contribution in [0.15, 0.2) is 12.1 Å². The smallest absolute Gasteiger partial charge is 0.240 e. The predicted molar refractivity (Wildman–Crippen MR) is 71.9 cm³/mol. The lowest BCUT2D eigenvalue weighted by atomic mass is 9.83. The van der Waals surface area contributed by atoms with Gasteiger partial charge >= 0.3 is 0 Å². The molecular formula is C14H22N2O2. The highest BCUT2D eigenvalue weighted by Crippen LogP contribution is 2.29. The Balaban J connectivity index is 1.83. The molecule has 4 heteroatoms. The lowest BCUT2D eigenvalue weighted by molar-refractivity contribution is 0.214. The number of pyridine rings is 1. The molecule has 1 aliphatic carbocycles. The largest absolute Gasteiger partial charge is 0.478 e. The Morgan fingerprint density at radius 3 is 2.78 bits per heavy atom. The van der Waals surface area contributed by atoms with Gasteiger partial charge in [0.15, 0.2) is 0 Å². The molecule has 0 atom stereocenters. The monoisotopic (exact) mass is 250 g/mol. The zero-order valence-corrected chi connectivity index (χ0v) is 11.0. The van der Waals surface area contributed by atoms with Crippen molar-refractivity contribution in [1.82, 2.24) is 4.98 Å². The van der Waals surface area contributed by atoms with E-state index in [1.807, 2.05) is 0 Å². The van der Waals surface area contributed by atoms with E-state index in [4.69, 9.17) is 15.2 Å². The first kappa shape index (κ1) is 13.0. The second kappa shape index (κ2) is 6.47. The second-order valence-electron chi connectivity index (χ2n) is 4.83. The fraction of sp³-hybridized carbons (Fsp3) is 0.643. The molecule has 0 aromatic carbocycles. The van der Waals surface area contributed by atoms with Crippen LogP contribution in [0.5, 0.6) is 11.8 Å². The highest BCUT2D eigenvalue weighted by molar-refractivity contribution is 5.49. The van der Waals surface area contributed by atoms with Gasteiger partial charge in [0, 0.05) is 6.07 Å². The number of hydrogen-bond acceptors (Lipinski definition) is 4. The number of nitrogens with two attached hydrogens (primary N) is 1. The number of hydrogen-bond donors (Lipinski definition) is 1. The van der Waals surface area contributed by atoms with E-state index in [0.29, 0.717) is 24.1 Å². The van der Waals surface area contributed by atoms with Crippen LogP contribution in [0.4, 0.5) is 5.69 Å². The van der Waals surface area contributed by atoms with Gasteiger partial charge in [0.25, 0.3) is 0 Å². The quantitative estimate of drug-likeness (QED) is 0.808. The molecule has 2 rings (SSSR count). The van der Waals surface area contributed by atoms with Gasteiger partial charge in [-0.1, -0.05) is 26.2 Å². The van der Waals surface area contributed by atoms with Crippen LogP contribution in [-0.2, 0) is 0 Å². The summed E-state index contributed by atoms with van der Waals surface area (Å²) >= 11 is 0. The molecule has 0 amide bonds. The van der Waals surface area contributed by atoms with Crippen molar-refractivity contribution in [1.29, 1.82) is 0 Å². The van der Waals surface area contributed by atoms with Crippen LogP contribution >= 0.6 is 0 Å². The summed E-state index contributed by atoms with van der Waals surface area (Å²) in [7, 11) is 0. The van der Waals surface area contributed by atoms with E-state index < -0.39 is 0 Å². The molecule has 18 heavy (non-hydrogen) atoms. The van der Waals surface area contributed by atoms with E-state index in [2.05, 4.69) is 11.9 Å². The molecule has 0 aliphatic heterocycles. The number of aromatic nitrogens is 1. The zero-order chi connectivity index (χ0) is 12.8. The molecule has 1 aromatic heterocycles. The van der Waals surface area contributed by atoms with Gasteiger partial charge < -0.3 is 15.2 Å². The third kappa shape index (κ3) is 3.52. The van der Waals surface area contributed by atoms with Crippen molar-refractivity contribution < 1.29 is 9.47 Å². The minimum Gasteiger partial charge on any atom is -0.478 e. The van der Waals surface area contributed by atoms with E-state index in [-0.39, 0.29) is 0 Å². The summed E-state index contributed by atoms with van der Waals surface area (Å²) in [5.41, 5.74) is 6.36. The molecule has 1 heterocycles. The summed E-state index contributed by atoms with van der Waals surface area (Å²) in [6.45, 7) is 3.41. The Kier molecular flexibility index (Phi) is 4.67. The van der Waals surface area contributed by atoms with Gasteiger partial charge in [-0.2, -0.15) is 4.98 Å². The van der Waals surface area contributed by atoms with Crippen molar-refractivity contribution in [3.8, 4) is 11.8 Å². The summed E-state index contributed by atoms with van der Waals surface area (Å²) in [5.74, 6) is 1.95. The molecule has 2 N–H and O–H groups in total. The first-order valence-electron chi connectivity index (χ1n) is 6.81. The van der Waals surface area contributed by atoms with Crippen molar-refractivity contribution in [3.63, 3.8) is 0 Å². The normalized spacial score (nSPS) is 15.2. The van der Waals surface area contributed by atoms with E-state index in [1.54, 1.807) is 12.1 Å². The minimum atomic E-state index is 0.484. The molecule has 1 aliphatic rings. The number of ether oxygens (including phenoxy) is 2. The van der Waals surface area contributed by atoms with Crippen LogP contribution in [-0.4, -0.2) is 18.2 Å². The van der Waals surface area contributed by atoms with E-state index in [9.17, 15) is 0 Å². The molecule has 1 saturated carbocycles. The van der Waals surface area contributed by atoms with Crippen molar-refractivity contribution in [2.75, 3.05) is 18.9 Å². The summed E-state index contributed by atoms with van der Waals surface area (Å²) in [5, 5.41) is 0. The van der Waals surface area contributed by atoms with E-state index >= 15 is 0 Å². The third-order valence-electron chi connectivity index (χ3n) is 3.31. The van der Waals surface area contributed by atoms with Gasteiger partial charge in [-0.25, -0.2) is 0 Å². The first-order valence-corrected chi connectivity index (χ1v) is 6.81. The molecule has 0 saturated heterocycles. The van der Waals surface area contributed by atoms with Gasteiger partial charge in [-0.05, 0) is 24.8 Å². The molecule has 0 spiro atoms. The molecule has 1 aromatic rings. The van der Waals surface area contributed by atoms with Gasteiger partial charge in [-0.3, -0.25) is 0 Å². The maximum Gasteiger partial charge on any atom is 0.240 e. The van der Waals surface area contributed by atoms with Crippen LogP contribution in [0, 0.1) is 5.92 Å². The number of anilines is 1. The number of rotatable bonds is 7. The number of nitrogens with zero attached hydrogens (tertiary/aromatic N) is 1. The predicted octanol–water partition coefficient (Wildman–Crippen LogP) is 3.02. The third-order valence-corrected chi connectivity index (χ3v) is 3.31. The summed E-state index contributed by atoms with van der Waals surface area (Å²) < 4.78 is 11.1. The van der Waals surface area contributed by atoms with Crippen LogP contribution in [0.1, 0.15) is 39.0 Å². The first-order chi connectivity index (χ1) is 8.79. The lowest BCUT2D eigenvalue weighted by Gasteiger charge is -2.24. The van der Waals surface area contributed by atoms with Crippen LogP contribution in [0.3, 0.4) is 0 Å². The fourth-order valence-corrected chi connectivity index (χ4v) is 1.94. The van der Waals surface area contributed by atoms with E-state index in [0.717, 1.165) is 25.4 Å². The molecule has 100 valence electrons. The van der Waals surface area contributed by atoms with Gasteiger partial charge in [0.05, 0.1) is 18.9 Å². The van der Waals surface area contributed by atoms with Gasteiger partial charge in [0.2, 0.25) is 11.8 Å². The standard InChI is InChI=1S/C14H22N2O2/c1-2-9-18-14-12(15)6-7-13(16-14)17-10-8-11-4-3-5-11/h6-7,11H,2-5,8-10,15H2,1H3. The van der Waals surface area contributed by atoms with Gasteiger partial charge in [0.1, 0.15) is 0 Å². The Morgan fingerprint density at radius 1 is 1.28 bits per heavy atom. The Labute approximate surface area is 108 Å². The van der Waals surface area contributed by atoms with E-state index in [1.165, 1.54) is 19.3 Å². The molecule has 0 bridgehead atoms. The summed E-state index contributed by atoms with van der Waals surface area (Å²) in [4.78, 5) is 4.28. The molecule has 0 unspecified atom stereocenters. The number of nitrogen functional groups attached to an aromatic ring is 1. The average molecular weight is 250 g/mol. The summed E-state index contributed by atoms with van der Waals surface area (Å²) in [6.07, 6.45) is 6.14. The maximum absolute atomic E-state index is 5.79. The highest BCUT2D eigenvalue weighted by atomic mass is 16.5. The van der Waals surface area contributed by atoms with Crippen molar-refractivity contribution in [2.45, 2.75) is 39.0 Å². The molecule has 0 radical (unpaired) electrons. The van der Waals surface area contributed by atoms with Crippen molar-refractivity contribution in [3.05, 3.63) is 12.1 Å². The Bertz CT molecular complexity index is 378. The molecule has 1 fully saturated rings. The lowest BCUT2D eigenvalue weighted by Crippen LogP contribution is -2.14. The zero-order valence-electron chi connectivity index (χ0n) is 11.0. The van der Waals surface area contributed by atoms with Crippen molar-refractivity contribution in [2.24, 2.45) is 5.92 Å². The van der Waals surface area contributed by atoms with Crippen molar-refractivity contribution >= 4 is 5.69 Å². The Morgan fingerprint density at radius 2 is 2.11 bits per heavy atom. The molecular weight excluding hydrogens is 228 g/mol. The van der Waals surface area contributed by atoms with Crippen LogP contribution < -0.4 is 15.2 Å². The second-order valence-corrected chi connectivity index (χ2v) is 4.83. The Hall–Kier alpha value is -1.45. The minimum absolute atomic E-state index is 0.484. The van der Waals surface area contributed by atoms with Crippen LogP contribution in [0.2, 0.25) is 0 Å². The average Bonchev–Trinajstić information content (AvgIpc) is 2.32. The highest BCUT2D eigenvalue weighted by Gasteiger charge is 2.17. The topological polar surface area (TPSA) is 57.4 Å². The molecule has 4 nitrogen and oxygen atoms in total. The fourth-order valence-electron chi connectivity index (χ4n) is 1.94.